The van der Waals surface area contributed by atoms with Crippen molar-refractivity contribution in [2.75, 3.05) is 6.61 Å². The molecular weight excluding hydrogens is 197 g/mol. The molecule has 0 saturated carbocycles. The van der Waals surface area contributed by atoms with Gasteiger partial charge in [0.1, 0.15) is 18.5 Å². The lowest BCUT2D eigenvalue weighted by molar-refractivity contribution is -0.0721. The van der Waals surface area contributed by atoms with Gasteiger partial charge in [0.05, 0.1) is 11.9 Å². The van der Waals surface area contributed by atoms with Crippen LogP contribution < -0.4 is 5.73 Å². The molecule has 0 bridgehead atoms. The van der Waals surface area contributed by atoms with E-state index in [1.165, 1.54) is 0 Å². The Morgan fingerprint density at radius 2 is 2.14 bits per heavy atom. The molecule has 3 nitrogen and oxygen atoms in total. The maximum Gasteiger partial charge on any atom is 0.291 e. The molecule has 0 aliphatic carbocycles. The maximum absolute atomic E-state index is 12.8. The van der Waals surface area contributed by atoms with Gasteiger partial charge in [0, 0.05) is 0 Å². The zero-order chi connectivity index (χ0) is 10.8. The van der Waals surface area contributed by atoms with Crippen LogP contribution in [0.1, 0.15) is 11.7 Å². The van der Waals surface area contributed by atoms with Crippen molar-refractivity contribution in [2.45, 2.75) is 12.0 Å². The van der Waals surface area contributed by atoms with Gasteiger partial charge in [-0.2, -0.15) is 0 Å². The van der Waals surface area contributed by atoms with Crippen LogP contribution in [0.15, 0.2) is 18.3 Å². The average Bonchev–Trinajstić information content (AvgIpc) is 2.18. The Balaban J connectivity index is 2.89. The molecule has 3 N–H and O–H groups in total. The number of aromatic nitrogens is 1. The van der Waals surface area contributed by atoms with Crippen molar-refractivity contribution >= 4 is 0 Å². The predicted octanol–water partition coefficient (Wildman–Crippen LogP) is 0.848. The van der Waals surface area contributed by atoms with Crippen LogP contribution in [-0.4, -0.2) is 22.6 Å². The molecule has 0 aliphatic rings. The highest BCUT2D eigenvalue weighted by atomic mass is 19.3. The second kappa shape index (κ2) is 3.93. The van der Waals surface area contributed by atoms with Gasteiger partial charge >= 0.3 is 0 Å². The number of aliphatic hydroxyl groups is 1. The fourth-order valence-corrected chi connectivity index (χ4v) is 0.886. The van der Waals surface area contributed by atoms with Crippen LogP contribution in [0, 0.1) is 5.82 Å². The van der Waals surface area contributed by atoms with E-state index >= 15 is 0 Å². The summed E-state index contributed by atoms with van der Waals surface area (Å²) >= 11 is 0. The molecule has 1 heterocycles. The van der Waals surface area contributed by atoms with E-state index in [0.717, 1.165) is 18.3 Å². The zero-order valence-electron chi connectivity index (χ0n) is 7.12. The smallest absolute Gasteiger partial charge is 0.291 e. The third-order valence-corrected chi connectivity index (χ3v) is 1.73. The van der Waals surface area contributed by atoms with Gasteiger partial charge in [-0.05, 0) is 12.1 Å². The molecule has 78 valence electrons. The quantitative estimate of drug-likeness (QED) is 0.770. The second-order valence-corrected chi connectivity index (χ2v) is 2.80. The van der Waals surface area contributed by atoms with Crippen molar-refractivity contribution in [3.8, 4) is 0 Å². The van der Waals surface area contributed by atoms with Gasteiger partial charge in [-0.15, -0.1) is 0 Å². The number of aliphatic hydroxyl groups excluding tert-OH is 1. The Labute approximate surface area is 78.4 Å². The summed E-state index contributed by atoms with van der Waals surface area (Å²) in [6.45, 7) is -1.37. The fraction of sp³-hybridized carbons (Fsp3) is 0.375. The van der Waals surface area contributed by atoms with Gasteiger partial charge in [-0.25, -0.2) is 13.2 Å². The van der Waals surface area contributed by atoms with Gasteiger partial charge < -0.3 is 10.8 Å². The van der Waals surface area contributed by atoms with Gasteiger partial charge in [-0.3, -0.25) is 4.98 Å². The summed E-state index contributed by atoms with van der Waals surface area (Å²) in [7, 11) is 0. The number of alkyl halides is 2. The van der Waals surface area contributed by atoms with Crippen molar-refractivity contribution in [2.24, 2.45) is 5.73 Å². The minimum atomic E-state index is -3.45. The molecule has 0 aliphatic heterocycles. The molecule has 0 aromatic carbocycles. The third-order valence-electron chi connectivity index (χ3n) is 1.73. The minimum absolute atomic E-state index is 0.162. The normalized spacial score (nSPS) is 14.1. The van der Waals surface area contributed by atoms with Gasteiger partial charge in [-0.1, -0.05) is 0 Å². The molecule has 0 fully saturated rings. The van der Waals surface area contributed by atoms with Gasteiger partial charge in [0.15, 0.2) is 0 Å². The Morgan fingerprint density at radius 3 is 2.57 bits per heavy atom. The predicted molar refractivity (Wildman–Crippen MR) is 43.2 cm³/mol. The zero-order valence-corrected chi connectivity index (χ0v) is 7.12. The molecule has 0 spiro atoms. The topological polar surface area (TPSA) is 59.1 Å². The number of pyridine rings is 1. The Kier molecular flexibility index (Phi) is 3.07. The summed E-state index contributed by atoms with van der Waals surface area (Å²) in [5.74, 6) is -4.08. The first-order valence-corrected chi connectivity index (χ1v) is 3.83. The van der Waals surface area contributed by atoms with E-state index < -0.39 is 24.4 Å². The molecular formula is C8H9F3N2O. The second-order valence-electron chi connectivity index (χ2n) is 2.80. The number of nitrogens with zero attached hydrogens (tertiary/aromatic N) is 1. The lowest BCUT2D eigenvalue weighted by Gasteiger charge is -2.20. The number of rotatable bonds is 3. The summed E-state index contributed by atoms with van der Waals surface area (Å²) in [5.41, 5.74) is 4.98. The van der Waals surface area contributed by atoms with Crippen LogP contribution in [0.4, 0.5) is 13.2 Å². The Bertz CT molecular complexity index is 302. The van der Waals surface area contributed by atoms with Crippen molar-refractivity contribution in [3.05, 3.63) is 29.8 Å². The molecule has 1 aromatic rings. The molecule has 1 rings (SSSR count). The van der Waals surface area contributed by atoms with E-state index in [1.54, 1.807) is 0 Å². The van der Waals surface area contributed by atoms with E-state index in [2.05, 4.69) is 4.98 Å². The van der Waals surface area contributed by atoms with E-state index in [9.17, 15) is 13.2 Å². The monoisotopic (exact) mass is 206 g/mol. The number of nitrogens with two attached hydrogens (primary N) is 1. The van der Waals surface area contributed by atoms with E-state index in [0.29, 0.717) is 0 Å². The average molecular weight is 206 g/mol. The summed E-state index contributed by atoms with van der Waals surface area (Å²) in [6, 6.07) is 0.312. The van der Waals surface area contributed by atoms with E-state index in [1.807, 2.05) is 0 Å². The van der Waals surface area contributed by atoms with E-state index in [4.69, 9.17) is 10.8 Å². The molecule has 1 aromatic heterocycles. The summed E-state index contributed by atoms with van der Waals surface area (Å²) in [6.07, 6.45) is 0.794. The highest BCUT2D eigenvalue weighted by Crippen LogP contribution is 2.27. The highest BCUT2D eigenvalue weighted by Gasteiger charge is 2.38. The van der Waals surface area contributed by atoms with Crippen LogP contribution in [-0.2, 0) is 0 Å². The van der Waals surface area contributed by atoms with Crippen LogP contribution in [0.3, 0.4) is 0 Å². The van der Waals surface area contributed by atoms with Crippen molar-refractivity contribution in [3.63, 3.8) is 0 Å². The first kappa shape index (κ1) is 10.9. The lowest BCUT2D eigenvalue weighted by Crippen LogP contribution is -2.36. The number of hydrogen-bond donors (Lipinski definition) is 2. The summed E-state index contributed by atoms with van der Waals surface area (Å²) in [4.78, 5) is 3.40. The van der Waals surface area contributed by atoms with Gasteiger partial charge in [0.25, 0.3) is 5.92 Å². The van der Waals surface area contributed by atoms with Crippen LogP contribution in [0.2, 0.25) is 0 Å². The van der Waals surface area contributed by atoms with Crippen LogP contribution >= 0.6 is 0 Å². The lowest BCUT2D eigenvalue weighted by atomic mass is 10.1. The molecule has 14 heavy (non-hydrogen) atoms. The maximum atomic E-state index is 12.8. The number of halogens is 3. The summed E-state index contributed by atoms with van der Waals surface area (Å²) < 4.78 is 38.0. The largest absolute Gasteiger partial charge is 0.390 e. The minimum Gasteiger partial charge on any atom is -0.390 e. The Hall–Kier alpha value is -1.14. The molecule has 0 saturated heterocycles. The molecule has 6 heteroatoms. The molecule has 1 atom stereocenters. The Morgan fingerprint density at radius 1 is 1.50 bits per heavy atom. The van der Waals surface area contributed by atoms with Crippen molar-refractivity contribution in [1.29, 1.82) is 0 Å². The fourth-order valence-electron chi connectivity index (χ4n) is 0.886. The van der Waals surface area contributed by atoms with Crippen molar-refractivity contribution in [1.82, 2.24) is 4.98 Å². The molecule has 0 radical (unpaired) electrons. The first-order valence-electron chi connectivity index (χ1n) is 3.83. The highest BCUT2D eigenvalue weighted by molar-refractivity contribution is 5.12. The SMILES string of the molecule is NC(c1ccc(F)cn1)C(F)(F)CO. The molecule has 1 unspecified atom stereocenters. The van der Waals surface area contributed by atoms with Crippen LogP contribution in [0.5, 0.6) is 0 Å². The van der Waals surface area contributed by atoms with Crippen LogP contribution in [0.25, 0.3) is 0 Å². The number of hydrogen-bond acceptors (Lipinski definition) is 3. The molecule has 0 amide bonds. The van der Waals surface area contributed by atoms with Gasteiger partial charge in [0.2, 0.25) is 0 Å². The third kappa shape index (κ3) is 2.21. The standard InChI is InChI=1S/C8H9F3N2O/c9-5-1-2-6(13-3-5)7(12)8(10,11)4-14/h1-3,7,14H,4,12H2. The van der Waals surface area contributed by atoms with Crippen molar-refractivity contribution < 1.29 is 18.3 Å². The summed E-state index contributed by atoms with van der Waals surface area (Å²) in [5, 5.41) is 8.35. The first-order chi connectivity index (χ1) is 6.47. The van der Waals surface area contributed by atoms with E-state index in [-0.39, 0.29) is 5.69 Å².